The highest BCUT2D eigenvalue weighted by Gasteiger charge is 2.32. The normalized spacial score (nSPS) is 24.8. The minimum atomic E-state index is -3.37. The smallest absolute Gasteiger partial charge is 0.219 e. The van der Waals surface area contributed by atoms with Gasteiger partial charge in [0.2, 0.25) is 10.0 Å². The average molecular weight is 265 g/mol. The van der Waals surface area contributed by atoms with Crippen LogP contribution in [0, 0.1) is 0 Å². The van der Waals surface area contributed by atoms with Gasteiger partial charge in [-0.15, -0.1) is 0 Å². The van der Waals surface area contributed by atoms with Gasteiger partial charge in [0.15, 0.2) is 0 Å². The molecule has 0 aromatic carbocycles. The van der Waals surface area contributed by atoms with Crippen LogP contribution in [0.1, 0.15) is 33.1 Å². The van der Waals surface area contributed by atoms with Crippen molar-refractivity contribution in [3.63, 3.8) is 0 Å². The molecule has 1 fully saturated rings. The first-order valence-corrected chi connectivity index (χ1v) is 7.74. The van der Waals surface area contributed by atoms with Gasteiger partial charge >= 0.3 is 0 Å². The third-order valence-electron chi connectivity index (χ3n) is 3.02. The van der Waals surface area contributed by atoms with E-state index in [0.29, 0.717) is 19.7 Å². The summed E-state index contributed by atoms with van der Waals surface area (Å²) in [5.41, 5.74) is 0. The van der Waals surface area contributed by atoms with Gasteiger partial charge in [0, 0.05) is 19.7 Å². The summed E-state index contributed by atoms with van der Waals surface area (Å²) in [6.45, 7) is 4.87. The molecular formula is C11H23NO4S. The quantitative estimate of drug-likeness (QED) is 0.763. The summed E-state index contributed by atoms with van der Waals surface area (Å²) in [4.78, 5) is 0. The van der Waals surface area contributed by atoms with Crippen LogP contribution in [-0.2, 0) is 14.8 Å². The van der Waals surface area contributed by atoms with E-state index in [-0.39, 0.29) is 12.7 Å². The van der Waals surface area contributed by atoms with Gasteiger partial charge in [0.1, 0.15) is 0 Å². The van der Waals surface area contributed by atoms with Crippen molar-refractivity contribution in [2.24, 2.45) is 0 Å². The van der Waals surface area contributed by atoms with Crippen molar-refractivity contribution in [1.29, 1.82) is 0 Å². The second-order valence-electron chi connectivity index (χ2n) is 4.53. The Morgan fingerprint density at radius 3 is 2.82 bits per heavy atom. The number of piperidine rings is 1. The lowest BCUT2D eigenvalue weighted by Crippen LogP contribution is -2.47. The van der Waals surface area contributed by atoms with Gasteiger partial charge in [-0.2, -0.15) is 4.31 Å². The van der Waals surface area contributed by atoms with E-state index >= 15 is 0 Å². The number of aliphatic hydroxyl groups is 1. The van der Waals surface area contributed by atoms with Crippen molar-refractivity contribution >= 4 is 10.0 Å². The molecule has 5 nitrogen and oxygen atoms in total. The fraction of sp³-hybridized carbons (Fsp3) is 1.00. The highest BCUT2D eigenvalue weighted by Crippen LogP contribution is 2.19. The first-order chi connectivity index (χ1) is 8.02. The minimum Gasteiger partial charge on any atom is -0.395 e. The summed E-state index contributed by atoms with van der Waals surface area (Å²) >= 11 is 0. The number of hydrogen-bond donors (Lipinski definition) is 1. The van der Waals surface area contributed by atoms with E-state index in [1.165, 1.54) is 11.2 Å². The van der Waals surface area contributed by atoms with Crippen molar-refractivity contribution in [1.82, 2.24) is 4.31 Å². The maximum atomic E-state index is 12.0. The van der Waals surface area contributed by atoms with Crippen LogP contribution < -0.4 is 0 Å². The van der Waals surface area contributed by atoms with Crippen LogP contribution in [0.3, 0.4) is 0 Å². The zero-order chi connectivity index (χ0) is 12.9. The van der Waals surface area contributed by atoms with E-state index in [1.54, 1.807) is 0 Å². The molecule has 0 amide bonds. The van der Waals surface area contributed by atoms with E-state index in [4.69, 9.17) is 9.84 Å². The topological polar surface area (TPSA) is 66.8 Å². The molecule has 17 heavy (non-hydrogen) atoms. The summed E-state index contributed by atoms with van der Waals surface area (Å²) in [7, 11) is -3.37. The second kappa shape index (κ2) is 6.68. The Balaban J connectivity index is 2.60. The Labute approximate surface area is 104 Å². The van der Waals surface area contributed by atoms with Gasteiger partial charge < -0.3 is 9.84 Å². The molecule has 1 N–H and O–H groups in total. The number of sulfonamides is 1. The Bertz CT molecular complexity index is 317. The van der Waals surface area contributed by atoms with Crippen LogP contribution in [0.4, 0.5) is 0 Å². The molecule has 102 valence electrons. The second-order valence-corrected chi connectivity index (χ2v) is 6.88. The number of rotatable bonds is 6. The van der Waals surface area contributed by atoms with Crippen molar-refractivity contribution in [2.75, 3.05) is 26.3 Å². The first-order valence-electron chi connectivity index (χ1n) is 6.23. The summed E-state index contributed by atoms with van der Waals surface area (Å²) in [5, 5.41) is 8.24. The van der Waals surface area contributed by atoms with E-state index in [0.717, 1.165) is 19.3 Å². The van der Waals surface area contributed by atoms with Gasteiger partial charge in [-0.25, -0.2) is 8.42 Å². The molecule has 1 aliphatic heterocycles. The molecule has 2 unspecified atom stereocenters. The SMILES string of the molecule is CCCOC1CCCN(S(=O)(=O)C(C)CO)C1. The molecule has 2 atom stereocenters. The Morgan fingerprint density at radius 1 is 1.53 bits per heavy atom. The van der Waals surface area contributed by atoms with Gasteiger partial charge in [-0.3, -0.25) is 0 Å². The molecule has 1 saturated heterocycles. The molecule has 0 saturated carbocycles. The molecule has 1 heterocycles. The number of ether oxygens (including phenoxy) is 1. The van der Waals surface area contributed by atoms with Crippen molar-refractivity contribution < 1.29 is 18.3 Å². The molecule has 0 aromatic rings. The fourth-order valence-electron chi connectivity index (χ4n) is 1.91. The third-order valence-corrected chi connectivity index (χ3v) is 5.24. The molecule has 0 spiro atoms. The molecule has 0 radical (unpaired) electrons. The van der Waals surface area contributed by atoms with E-state index < -0.39 is 15.3 Å². The number of aliphatic hydroxyl groups excluding tert-OH is 1. The van der Waals surface area contributed by atoms with Crippen LogP contribution in [-0.4, -0.2) is 55.5 Å². The van der Waals surface area contributed by atoms with Crippen LogP contribution in [0.2, 0.25) is 0 Å². The lowest BCUT2D eigenvalue weighted by Gasteiger charge is -2.33. The van der Waals surface area contributed by atoms with Gasteiger partial charge in [-0.05, 0) is 26.2 Å². The number of hydrogen-bond acceptors (Lipinski definition) is 4. The molecule has 0 bridgehead atoms. The van der Waals surface area contributed by atoms with Crippen molar-refractivity contribution in [3.8, 4) is 0 Å². The van der Waals surface area contributed by atoms with Gasteiger partial charge in [0.25, 0.3) is 0 Å². The van der Waals surface area contributed by atoms with Gasteiger partial charge in [-0.1, -0.05) is 6.92 Å². The molecule has 6 heteroatoms. The average Bonchev–Trinajstić information content (AvgIpc) is 2.35. The zero-order valence-corrected chi connectivity index (χ0v) is 11.4. The van der Waals surface area contributed by atoms with E-state index in [2.05, 4.69) is 0 Å². The van der Waals surface area contributed by atoms with Crippen molar-refractivity contribution in [2.45, 2.75) is 44.5 Å². The molecule has 0 aliphatic carbocycles. The monoisotopic (exact) mass is 265 g/mol. The first kappa shape index (κ1) is 14.9. The zero-order valence-electron chi connectivity index (χ0n) is 10.6. The highest BCUT2D eigenvalue weighted by atomic mass is 32.2. The standard InChI is InChI=1S/C11H23NO4S/c1-3-7-16-11-5-4-6-12(8-11)17(14,15)10(2)9-13/h10-11,13H,3-9H2,1-2H3. The maximum absolute atomic E-state index is 12.0. The summed E-state index contributed by atoms with van der Waals surface area (Å²) in [5.74, 6) is 0. The van der Waals surface area contributed by atoms with Crippen LogP contribution in [0.25, 0.3) is 0 Å². The predicted molar refractivity (Wildman–Crippen MR) is 66.3 cm³/mol. The predicted octanol–water partition coefficient (Wildman–Crippen LogP) is 0.588. The lowest BCUT2D eigenvalue weighted by atomic mass is 10.1. The van der Waals surface area contributed by atoms with Crippen LogP contribution >= 0.6 is 0 Å². The molecular weight excluding hydrogens is 242 g/mol. The maximum Gasteiger partial charge on any atom is 0.219 e. The third kappa shape index (κ3) is 3.91. The highest BCUT2D eigenvalue weighted by molar-refractivity contribution is 7.89. The largest absolute Gasteiger partial charge is 0.395 e. The summed E-state index contributed by atoms with van der Waals surface area (Å²) in [6, 6.07) is 0. The summed E-state index contributed by atoms with van der Waals surface area (Å²) in [6.07, 6.45) is 2.69. The van der Waals surface area contributed by atoms with E-state index in [1.807, 2.05) is 6.92 Å². The molecule has 0 aromatic heterocycles. The Hall–Kier alpha value is -0.170. The number of nitrogens with zero attached hydrogens (tertiary/aromatic N) is 1. The van der Waals surface area contributed by atoms with Crippen LogP contribution in [0.15, 0.2) is 0 Å². The Morgan fingerprint density at radius 2 is 2.24 bits per heavy atom. The lowest BCUT2D eigenvalue weighted by molar-refractivity contribution is 0.0190. The molecule has 1 rings (SSSR count). The van der Waals surface area contributed by atoms with Crippen LogP contribution in [0.5, 0.6) is 0 Å². The molecule has 1 aliphatic rings. The van der Waals surface area contributed by atoms with Gasteiger partial charge in [0.05, 0.1) is 18.0 Å². The van der Waals surface area contributed by atoms with E-state index in [9.17, 15) is 8.42 Å². The van der Waals surface area contributed by atoms with Crippen molar-refractivity contribution in [3.05, 3.63) is 0 Å². The minimum absolute atomic E-state index is 0.00404. The fourth-order valence-corrected chi connectivity index (χ4v) is 3.36. The Kier molecular flexibility index (Phi) is 5.85. The summed E-state index contributed by atoms with van der Waals surface area (Å²) < 4.78 is 31.2.